The van der Waals surface area contributed by atoms with Crippen molar-refractivity contribution in [2.24, 2.45) is 0 Å². The lowest BCUT2D eigenvalue weighted by Gasteiger charge is -2.23. The van der Waals surface area contributed by atoms with Gasteiger partial charge in [0.25, 0.3) is 0 Å². The number of aryl methyl sites for hydroxylation is 1. The van der Waals surface area contributed by atoms with E-state index in [9.17, 15) is 17.6 Å². The summed E-state index contributed by atoms with van der Waals surface area (Å²) in [6.07, 6.45) is 0.0794. The lowest BCUT2D eigenvalue weighted by atomic mass is 10.1. The average Bonchev–Trinajstić information content (AvgIpc) is 2.31. The van der Waals surface area contributed by atoms with Crippen molar-refractivity contribution < 1.29 is 17.6 Å². The maximum absolute atomic E-state index is 13.0. The summed E-state index contributed by atoms with van der Waals surface area (Å²) in [5.41, 5.74) is 1.16. The molecule has 110 valence electrons. The van der Waals surface area contributed by atoms with Gasteiger partial charge in [0.15, 0.2) is 9.84 Å². The number of halogens is 1. The van der Waals surface area contributed by atoms with Gasteiger partial charge in [-0.05, 0) is 30.7 Å². The predicted molar refractivity (Wildman–Crippen MR) is 74.8 cm³/mol. The second-order valence-electron chi connectivity index (χ2n) is 4.98. The molecule has 1 aliphatic heterocycles. The molecule has 0 spiro atoms. The summed E-state index contributed by atoms with van der Waals surface area (Å²) in [6.45, 7) is 2.07. The third-order valence-corrected chi connectivity index (χ3v) is 4.93. The molecule has 1 atom stereocenters. The van der Waals surface area contributed by atoms with Gasteiger partial charge < -0.3 is 10.6 Å². The first-order chi connectivity index (χ1) is 9.35. The summed E-state index contributed by atoms with van der Waals surface area (Å²) in [6, 6.07) is 3.73. The maximum Gasteiger partial charge on any atom is 0.225 e. The van der Waals surface area contributed by atoms with Crippen LogP contribution < -0.4 is 10.6 Å². The fraction of sp³-hybridized carbons (Fsp3) is 0.462. The topological polar surface area (TPSA) is 75.3 Å². The number of hydrogen-bond donors (Lipinski definition) is 2. The number of amides is 1. The van der Waals surface area contributed by atoms with Crippen molar-refractivity contribution in [2.75, 3.05) is 23.4 Å². The summed E-state index contributed by atoms with van der Waals surface area (Å²) < 4.78 is 35.9. The number of carbonyl (C=O) groups is 1. The fourth-order valence-electron chi connectivity index (χ4n) is 2.19. The van der Waals surface area contributed by atoms with Crippen molar-refractivity contribution in [1.82, 2.24) is 5.32 Å². The van der Waals surface area contributed by atoms with E-state index >= 15 is 0 Å². The monoisotopic (exact) mass is 300 g/mol. The highest BCUT2D eigenvalue weighted by molar-refractivity contribution is 7.91. The number of benzene rings is 1. The van der Waals surface area contributed by atoms with E-state index in [0.29, 0.717) is 17.8 Å². The Bertz CT molecular complexity index is 616. The minimum absolute atomic E-state index is 0.0250. The van der Waals surface area contributed by atoms with E-state index in [-0.39, 0.29) is 35.7 Å². The molecule has 1 fully saturated rings. The molecule has 1 amide bonds. The van der Waals surface area contributed by atoms with Crippen LogP contribution in [-0.4, -0.2) is 38.4 Å². The standard InChI is InChI=1S/C13H17FN2O3S/c1-9-6-10(14)2-3-12(9)16-13(17)7-11-8-20(18,19)5-4-15-11/h2-3,6,11,15H,4-5,7-8H2,1H3,(H,16,17). The van der Waals surface area contributed by atoms with Gasteiger partial charge in [0.2, 0.25) is 5.91 Å². The van der Waals surface area contributed by atoms with Gasteiger partial charge in [-0.1, -0.05) is 0 Å². The SMILES string of the molecule is Cc1cc(F)ccc1NC(=O)CC1CS(=O)(=O)CCN1. The van der Waals surface area contributed by atoms with Crippen molar-refractivity contribution in [3.63, 3.8) is 0 Å². The Morgan fingerprint density at radius 2 is 2.25 bits per heavy atom. The molecular weight excluding hydrogens is 283 g/mol. The number of anilines is 1. The van der Waals surface area contributed by atoms with Gasteiger partial charge in [-0.2, -0.15) is 0 Å². The summed E-state index contributed by atoms with van der Waals surface area (Å²) in [7, 11) is -3.06. The van der Waals surface area contributed by atoms with Gasteiger partial charge in [-0.3, -0.25) is 4.79 Å². The zero-order valence-electron chi connectivity index (χ0n) is 11.1. The molecule has 1 saturated heterocycles. The molecule has 5 nitrogen and oxygen atoms in total. The van der Waals surface area contributed by atoms with Crippen LogP contribution in [0.3, 0.4) is 0 Å². The molecule has 2 rings (SSSR count). The first-order valence-corrected chi connectivity index (χ1v) is 8.18. The molecular formula is C13H17FN2O3S. The number of sulfone groups is 1. The highest BCUT2D eigenvalue weighted by Crippen LogP contribution is 2.16. The van der Waals surface area contributed by atoms with E-state index < -0.39 is 9.84 Å². The zero-order valence-corrected chi connectivity index (χ0v) is 12.0. The molecule has 1 aliphatic rings. The Hall–Kier alpha value is -1.47. The highest BCUT2D eigenvalue weighted by Gasteiger charge is 2.26. The van der Waals surface area contributed by atoms with Gasteiger partial charge in [0.05, 0.1) is 11.5 Å². The molecule has 20 heavy (non-hydrogen) atoms. The lowest BCUT2D eigenvalue weighted by Crippen LogP contribution is -2.46. The molecule has 0 bridgehead atoms. The Balaban J connectivity index is 1.95. The first-order valence-electron chi connectivity index (χ1n) is 6.35. The van der Waals surface area contributed by atoms with Crippen LogP contribution in [0.2, 0.25) is 0 Å². The van der Waals surface area contributed by atoms with Crippen molar-refractivity contribution in [3.8, 4) is 0 Å². The van der Waals surface area contributed by atoms with Crippen LogP contribution in [0.5, 0.6) is 0 Å². The van der Waals surface area contributed by atoms with Crippen LogP contribution >= 0.6 is 0 Å². The van der Waals surface area contributed by atoms with Gasteiger partial charge in [-0.25, -0.2) is 12.8 Å². The van der Waals surface area contributed by atoms with Gasteiger partial charge >= 0.3 is 0 Å². The van der Waals surface area contributed by atoms with Crippen LogP contribution in [-0.2, 0) is 14.6 Å². The van der Waals surface area contributed by atoms with Crippen molar-refractivity contribution in [3.05, 3.63) is 29.6 Å². The zero-order chi connectivity index (χ0) is 14.8. The largest absolute Gasteiger partial charge is 0.326 e. The third kappa shape index (κ3) is 4.01. The highest BCUT2D eigenvalue weighted by atomic mass is 32.2. The predicted octanol–water partition coefficient (Wildman–Crippen LogP) is 0.849. The summed E-state index contributed by atoms with van der Waals surface area (Å²) >= 11 is 0. The maximum atomic E-state index is 13.0. The lowest BCUT2D eigenvalue weighted by molar-refractivity contribution is -0.116. The van der Waals surface area contributed by atoms with E-state index in [1.165, 1.54) is 18.2 Å². The van der Waals surface area contributed by atoms with Crippen LogP contribution in [0.25, 0.3) is 0 Å². The number of carbonyl (C=O) groups excluding carboxylic acids is 1. The van der Waals surface area contributed by atoms with Crippen molar-refractivity contribution >= 4 is 21.4 Å². The molecule has 2 N–H and O–H groups in total. The Morgan fingerprint density at radius 3 is 2.90 bits per heavy atom. The fourth-order valence-corrected chi connectivity index (χ4v) is 3.64. The first kappa shape index (κ1) is 14.9. The molecule has 1 unspecified atom stereocenters. The molecule has 0 aliphatic carbocycles. The quantitative estimate of drug-likeness (QED) is 0.868. The van der Waals surface area contributed by atoms with Gasteiger partial charge in [0, 0.05) is 24.7 Å². The molecule has 1 aromatic rings. The second kappa shape index (κ2) is 5.88. The molecule has 0 saturated carbocycles. The van der Waals surface area contributed by atoms with E-state index in [4.69, 9.17) is 0 Å². The second-order valence-corrected chi connectivity index (χ2v) is 7.21. The Kier molecular flexibility index (Phi) is 4.39. The summed E-state index contributed by atoms with van der Waals surface area (Å²) in [5, 5.41) is 5.69. The smallest absolute Gasteiger partial charge is 0.225 e. The van der Waals surface area contributed by atoms with E-state index in [1.807, 2.05) is 0 Å². The normalized spacial score (nSPS) is 21.4. The number of nitrogens with one attached hydrogen (secondary N) is 2. The van der Waals surface area contributed by atoms with E-state index in [0.717, 1.165) is 0 Å². The van der Waals surface area contributed by atoms with Crippen LogP contribution in [0.15, 0.2) is 18.2 Å². The van der Waals surface area contributed by atoms with Crippen molar-refractivity contribution in [2.45, 2.75) is 19.4 Å². The third-order valence-electron chi connectivity index (χ3n) is 3.20. The van der Waals surface area contributed by atoms with Crippen LogP contribution in [0.4, 0.5) is 10.1 Å². The molecule has 1 heterocycles. The van der Waals surface area contributed by atoms with Crippen LogP contribution in [0, 0.1) is 12.7 Å². The summed E-state index contributed by atoms with van der Waals surface area (Å²) in [5.74, 6) is -0.555. The number of hydrogen-bond acceptors (Lipinski definition) is 4. The molecule has 7 heteroatoms. The number of rotatable bonds is 3. The molecule has 1 aromatic carbocycles. The van der Waals surface area contributed by atoms with Gasteiger partial charge in [0.1, 0.15) is 5.82 Å². The van der Waals surface area contributed by atoms with E-state index in [2.05, 4.69) is 10.6 Å². The Morgan fingerprint density at radius 1 is 1.50 bits per heavy atom. The molecule has 0 radical (unpaired) electrons. The van der Waals surface area contributed by atoms with Crippen LogP contribution in [0.1, 0.15) is 12.0 Å². The minimum Gasteiger partial charge on any atom is -0.326 e. The molecule has 0 aromatic heterocycles. The summed E-state index contributed by atoms with van der Waals surface area (Å²) in [4.78, 5) is 11.9. The van der Waals surface area contributed by atoms with Crippen molar-refractivity contribution in [1.29, 1.82) is 0 Å². The van der Waals surface area contributed by atoms with Gasteiger partial charge in [-0.15, -0.1) is 0 Å². The average molecular weight is 300 g/mol. The Labute approximate surface area is 117 Å². The van der Waals surface area contributed by atoms with E-state index in [1.54, 1.807) is 6.92 Å². The minimum atomic E-state index is -3.06.